The third-order valence-electron chi connectivity index (χ3n) is 7.02. The van der Waals surface area contributed by atoms with E-state index < -0.39 is 17.7 Å². The van der Waals surface area contributed by atoms with Crippen molar-refractivity contribution in [2.24, 2.45) is 0 Å². The first-order valence-corrected chi connectivity index (χ1v) is 13.7. The van der Waals surface area contributed by atoms with Crippen molar-refractivity contribution >= 4 is 34.9 Å². The van der Waals surface area contributed by atoms with Crippen molar-refractivity contribution in [3.63, 3.8) is 0 Å². The number of nitrogens with one attached hydrogen (secondary N) is 6. The van der Waals surface area contributed by atoms with Crippen molar-refractivity contribution in [3.05, 3.63) is 71.7 Å². The van der Waals surface area contributed by atoms with Crippen LogP contribution in [0.5, 0.6) is 5.75 Å². The maximum Gasteiger partial charge on any atom is 0.251 e. The Balaban J connectivity index is 1.23. The first-order chi connectivity index (χ1) is 20.8. The molecule has 0 spiro atoms. The number of ether oxygens (including phenoxy) is 1. The van der Waals surface area contributed by atoms with E-state index in [4.69, 9.17) is 10.1 Å². The summed E-state index contributed by atoms with van der Waals surface area (Å²) in [6.45, 7) is 3.08. The van der Waals surface area contributed by atoms with Gasteiger partial charge in [-0.1, -0.05) is 6.92 Å². The predicted octanol–water partition coefficient (Wildman–Crippen LogP) is 2.72. The van der Waals surface area contributed by atoms with Crippen molar-refractivity contribution in [3.8, 4) is 17.0 Å². The van der Waals surface area contributed by atoms with E-state index in [1.54, 1.807) is 22.7 Å². The summed E-state index contributed by atoms with van der Waals surface area (Å²) in [6, 6.07) is 7.64. The number of amides is 2. The van der Waals surface area contributed by atoms with Gasteiger partial charge in [0, 0.05) is 48.8 Å². The van der Waals surface area contributed by atoms with Gasteiger partial charge >= 0.3 is 0 Å². The lowest BCUT2D eigenvalue weighted by Gasteiger charge is -2.13. The van der Waals surface area contributed by atoms with Crippen LogP contribution < -0.4 is 31.3 Å². The SMILES string of the molecule is CCc1cc(Nc2nccn3c(-c4ccc(OC)c(F)c4F)cnc23)ccc1C(=O)NCCCNC(=O)C1CNC(=N)N1. The first kappa shape index (κ1) is 29.2. The maximum absolute atomic E-state index is 14.8. The second-order valence-corrected chi connectivity index (χ2v) is 9.76. The molecule has 1 saturated heterocycles. The highest BCUT2D eigenvalue weighted by Crippen LogP contribution is 2.31. The Morgan fingerprint density at radius 1 is 1.14 bits per heavy atom. The third kappa shape index (κ3) is 6.17. The molecule has 2 aromatic carbocycles. The molecule has 0 bridgehead atoms. The molecule has 1 fully saturated rings. The highest BCUT2D eigenvalue weighted by molar-refractivity contribution is 5.96. The van der Waals surface area contributed by atoms with Crippen LogP contribution in [0.25, 0.3) is 16.9 Å². The molecule has 12 nitrogen and oxygen atoms in total. The summed E-state index contributed by atoms with van der Waals surface area (Å²) in [6.07, 6.45) is 5.72. The van der Waals surface area contributed by atoms with Gasteiger partial charge in [-0.25, -0.2) is 14.4 Å². The molecular formula is C29H31F2N9O3. The number of aromatic nitrogens is 3. The third-order valence-corrected chi connectivity index (χ3v) is 7.02. The Kier molecular flexibility index (Phi) is 8.64. The summed E-state index contributed by atoms with van der Waals surface area (Å²) < 4.78 is 35.6. The standard InChI is InChI=1S/C29H31F2N9O3/c1-3-16-13-17(5-6-18(16)27(41)34-9-4-10-35-28(42)20-14-37-29(32)39-20)38-25-26-36-15-21(40(26)12-11-33-25)19-7-8-22(43-2)24(31)23(19)30/h5-8,11-13,15,20H,3-4,9-10,14H2,1-2H3,(H,33,38)(H,34,41)(H,35,42)(H3,32,37,39). The van der Waals surface area contributed by atoms with Crippen LogP contribution in [0.1, 0.15) is 29.3 Å². The minimum absolute atomic E-state index is 0.0264. The number of anilines is 2. The monoisotopic (exact) mass is 591 g/mol. The van der Waals surface area contributed by atoms with Gasteiger partial charge in [-0.05, 0) is 48.7 Å². The number of guanidine groups is 1. The van der Waals surface area contributed by atoms with Crippen LogP contribution >= 0.6 is 0 Å². The first-order valence-electron chi connectivity index (χ1n) is 13.7. The minimum atomic E-state index is -1.08. The van der Waals surface area contributed by atoms with Gasteiger partial charge in [0.15, 0.2) is 29.0 Å². The van der Waals surface area contributed by atoms with Crippen LogP contribution in [0.2, 0.25) is 0 Å². The van der Waals surface area contributed by atoms with Gasteiger partial charge in [-0.3, -0.25) is 19.4 Å². The van der Waals surface area contributed by atoms with Crippen LogP contribution in [0.15, 0.2) is 48.9 Å². The molecule has 5 rings (SSSR count). The molecule has 3 heterocycles. The summed E-state index contributed by atoms with van der Waals surface area (Å²) in [7, 11) is 1.27. The highest BCUT2D eigenvalue weighted by atomic mass is 19.2. The molecule has 1 unspecified atom stereocenters. The van der Waals surface area contributed by atoms with E-state index in [-0.39, 0.29) is 29.1 Å². The lowest BCUT2D eigenvalue weighted by Crippen LogP contribution is -2.43. The number of rotatable bonds is 11. The summed E-state index contributed by atoms with van der Waals surface area (Å²) in [5, 5.41) is 21.8. The molecule has 14 heteroatoms. The molecule has 4 aromatic rings. The van der Waals surface area contributed by atoms with Crippen LogP contribution in [-0.4, -0.2) is 64.9 Å². The van der Waals surface area contributed by atoms with Gasteiger partial charge in [0.25, 0.3) is 5.91 Å². The van der Waals surface area contributed by atoms with E-state index in [1.807, 2.05) is 13.0 Å². The molecule has 43 heavy (non-hydrogen) atoms. The maximum atomic E-state index is 14.8. The molecular weight excluding hydrogens is 560 g/mol. The molecule has 0 radical (unpaired) electrons. The normalized spacial score (nSPS) is 14.2. The smallest absolute Gasteiger partial charge is 0.251 e. The number of halogens is 2. The lowest BCUT2D eigenvalue weighted by atomic mass is 10.0. The molecule has 2 aromatic heterocycles. The number of aryl methyl sites for hydroxylation is 1. The Morgan fingerprint density at radius 2 is 1.95 bits per heavy atom. The Morgan fingerprint density at radius 3 is 2.70 bits per heavy atom. The van der Waals surface area contributed by atoms with Crippen molar-refractivity contribution in [2.75, 3.05) is 32.1 Å². The second kappa shape index (κ2) is 12.7. The van der Waals surface area contributed by atoms with Gasteiger partial charge in [0.2, 0.25) is 11.7 Å². The summed E-state index contributed by atoms with van der Waals surface area (Å²) in [4.78, 5) is 33.8. The van der Waals surface area contributed by atoms with Gasteiger partial charge in [-0.2, -0.15) is 4.39 Å². The number of nitrogens with zero attached hydrogens (tertiary/aromatic N) is 3. The van der Waals surface area contributed by atoms with E-state index in [0.717, 1.165) is 5.56 Å². The average molecular weight is 592 g/mol. The van der Waals surface area contributed by atoms with Crippen molar-refractivity contribution in [1.82, 2.24) is 35.6 Å². The van der Waals surface area contributed by atoms with Gasteiger partial charge in [-0.15, -0.1) is 0 Å². The molecule has 1 aliphatic rings. The van der Waals surface area contributed by atoms with Crippen LogP contribution in [0.3, 0.4) is 0 Å². The van der Waals surface area contributed by atoms with Crippen molar-refractivity contribution in [2.45, 2.75) is 25.8 Å². The number of methoxy groups -OCH3 is 1. The second-order valence-electron chi connectivity index (χ2n) is 9.76. The van der Waals surface area contributed by atoms with Crippen LogP contribution in [-0.2, 0) is 11.2 Å². The van der Waals surface area contributed by atoms with Crippen LogP contribution in [0, 0.1) is 17.0 Å². The Hall–Kier alpha value is -5.27. The fourth-order valence-corrected chi connectivity index (χ4v) is 4.78. The predicted molar refractivity (Wildman–Crippen MR) is 157 cm³/mol. The van der Waals surface area contributed by atoms with E-state index >= 15 is 0 Å². The largest absolute Gasteiger partial charge is 0.494 e. The van der Waals surface area contributed by atoms with E-state index in [9.17, 15) is 18.4 Å². The molecule has 2 amide bonds. The average Bonchev–Trinajstić information content (AvgIpc) is 3.65. The quantitative estimate of drug-likeness (QED) is 0.145. The zero-order chi connectivity index (χ0) is 30.5. The zero-order valence-electron chi connectivity index (χ0n) is 23.6. The minimum Gasteiger partial charge on any atom is -0.494 e. The number of carbonyl (C=O) groups is 2. The van der Waals surface area contributed by atoms with E-state index in [2.05, 4.69) is 36.6 Å². The summed E-state index contributed by atoms with van der Waals surface area (Å²) in [5.74, 6) is -2.21. The number of fused-ring (bicyclic) bond motifs is 1. The highest BCUT2D eigenvalue weighted by Gasteiger charge is 2.24. The molecule has 1 atom stereocenters. The molecule has 6 N–H and O–H groups in total. The zero-order valence-corrected chi connectivity index (χ0v) is 23.6. The molecule has 224 valence electrons. The fourth-order valence-electron chi connectivity index (χ4n) is 4.78. The summed E-state index contributed by atoms with van der Waals surface area (Å²) >= 11 is 0. The summed E-state index contributed by atoms with van der Waals surface area (Å²) in [5.41, 5.74) is 2.78. The van der Waals surface area contributed by atoms with E-state index in [0.29, 0.717) is 60.9 Å². The van der Waals surface area contributed by atoms with Gasteiger partial charge in [0.05, 0.1) is 19.0 Å². The van der Waals surface area contributed by atoms with Crippen molar-refractivity contribution < 1.29 is 23.1 Å². The Labute approximate surface area is 245 Å². The van der Waals surface area contributed by atoms with Gasteiger partial charge in [0.1, 0.15) is 6.04 Å². The topological polar surface area (TPSA) is 158 Å². The molecule has 0 saturated carbocycles. The number of carbonyl (C=O) groups excluding carboxylic acids is 2. The van der Waals surface area contributed by atoms with Crippen LogP contribution in [0.4, 0.5) is 20.3 Å². The Bertz CT molecular complexity index is 1690. The van der Waals surface area contributed by atoms with Crippen molar-refractivity contribution in [1.29, 1.82) is 5.41 Å². The number of hydrogen-bond acceptors (Lipinski definition) is 7. The number of hydrogen-bond donors (Lipinski definition) is 6. The fraction of sp³-hybridized carbons (Fsp3) is 0.276. The molecule has 1 aliphatic heterocycles. The number of benzene rings is 2. The van der Waals surface area contributed by atoms with E-state index in [1.165, 1.54) is 31.6 Å². The van der Waals surface area contributed by atoms with Gasteiger partial charge < -0.3 is 31.3 Å². The number of imidazole rings is 1. The lowest BCUT2D eigenvalue weighted by molar-refractivity contribution is -0.122. The molecule has 0 aliphatic carbocycles.